The second kappa shape index (κ2) is 37.4. The molecule has 357 valence electrons. The first kappa shape index (κ1) is 64.5. The monoisotopic (exact) mass is 1080 g/mol. The quantitative estimate of drug-likeness (QED) is 0.0155. The number of carboxylic acid groups (broad SMARTS) is 8. The predicted octanol–water partition coefficient (Wildman–Crippen LogP) is -11.2. The smallest absolute Gasteiger partial charge is 0.480 e. The molecule has 0 aliphatic rings. The fourth-order valence-corrected chi connectivity index (χ4v) is 5.25. The number of amides is 3. The predicted molar refractivity (Wildman–Crippen MR) is 205 cm³/mol. The van der Waals surface area contributed by atoms with Crippen molar-refractivity contribution < 1.29 is 163 Å². The molecule has 0 saturated carbocycles. The number of carbonyl (C=O) groups excluding carboxylic acids is 3. The van der Waals surface area contributed by atoms with Crippen LogP contribution >= 0.6 is 0 Å². The Hall–Kier alpha value is -3.83. The van der Waals surface area contributed by atoms with Gasteiger partial charge < -0.3 is 46.2 Å². The van der Waals surface area contributed by atoms with Crippen LogP contribution in [0.2, 0.25) is 0 Å². The molecule has 0 aliphatic heterocycles. The van der Waals surface area contributed by atoms with Crippen LogP contribution in [0.5, 0.6) is 0 Å². The fraction of sp³-hybridized carbons (Fsp3) is 0.656. The molecule has 64 heavy (non-hydrogen) atoms. The molecule has 30 nitrogen and oxygen atoms in total. The van der Waals surface area contributed by atoms with Gasteiger partial charge in [0.2, 0.25) is 5.91 Å². The average molecular weight is 1080 g/mol. The molecule has 3 amide bonds. The molecule has 0 saturated heterocycles. The molecule has 0 bridgehead atoms. The summed E-state index contributed by atoms with van der Waals surface area (Å²) in [7, 11) is 0. The van der Waals surface area contributed by atoms with E-state index in [1.807, 2.05) is 0 Å². The first-order chi connectivity index (χ1) is 29.0. The van der Waals surface area contributed by atoms with Gasteiger partial charge in [-0.2, -0.15) is 0 Å². The van der Waals surface area contributed by atoms with E-state index in [4.69, 9.17) is 20.4 Å². The van der Waals surface area contributed by atoms with Crippen molar-refractivity contribution in [3.63, 3.8) is 0 Å². The second-order valence-corrected chi connectivity index (χ2v) is 13.3. The zero-order valence-corrected chi connectivity index (χ0v) is 39.2. The first-order valence-corrected chi connectivity index (χ1v) is 18.4. The maximum atomic E-state index is 12.5. The van der Waals surface area contributed by atoms with Crippen molar-refractivity contribution in [2.45, 2.75) is 0 Å². The third-order valence-electron chi connectivity index (χ3n) is 7.88. The molecule has 0 aliphatic carbocycles. The number of aliphatic carboxylic acids is 8. The third kappa shape index (κ3) is 38.6. The summed E-state index contributed by atoms with van der Waals surface area (Å²) in [6, 6.07) is 0. The van der Waals surface area contributed by atoms with Crippen LogP contribution in [0.3, 0.4) is 0 Å². The van der Waals surface area contributed by atoms with Gasteiger partial charge in [-0.05, 0) is 0 Å². The van der Waals surface area contributed by atoms with Gasteiger partial charge in [-0.3, -0.25) is 98.4 Å². The van der Waals surface area contributed by atoms with Crippen molar-refractivity contribution in [1.29, 1.82) is 0 Å². The van der Waals surface area contributed by atoms with Crippen LogP contribution < -0.4 is 56.6 Å². The van der Waals surface area contributed by atoms with Gasteiger partial charge in [0.1, 0.15) is 0 Å². The molecular weight excluding hydrogens is 1020 g/mol. The summed E-state index contributed by atoms with van der Waals surface area (Å²) in [6.45, 7) is -6.62. The van der Waals surface area contributed by atoms with Crippen LogP contribution in [0.1, 0.15) is 0 Å². The van der Waals surface area contributed by atoms with E-state index >= 15 is 0 Å². The van der Waals surface area contributed by atoms with Crippen molar-refractivity contribution in [3.05, 3.63) is 0 Å². The van der Waals surface area contributed by atoms with Gasteiger partial charge in [-0.15, -0.1) is 0 Å². The molecule has 0 fully saturated rings. The number of nitrogens with zero attached hydrogens (tertiary/aromatic N) is 6. The standard InChI is InChI=1S/C32H55N11O19.Gd.Na/c44-22(11-33-1-2-38(14-25(47)48)3-4-39(15-26(49)50)6-9-42(18-29(55)56)19-30(57)58)36-37-23(45)12-34-35-24(46)13-41(17-28(53)54)8-5-40(16-27(51)52)7-10-43(20-31(59)60)21-32(61)62;;/h33-34H,1-21H2,(H,35,46)(H,36,44)(H,37,45)(H,47,48)(H,49,50)(H,51,52)(H,53,54)(H,55,56)(H,57,58)(H,59,60)(H,61,62);;/q;+3;+1. The van der Waals surface area contributed by atoms with Crippen LogP contribution in [0.4, 0.5) is 0 Å². The Morgan fingerprint density at radius 2 is 0.562 bits per heavy atom. The summed E-state index contributed by atoms with van der Waals surface area (Å²) in [5.41, 5.74) is 8.60. The van der Waals surface area contributed by atoms with Gasteiger partial charge in [-0.1, -0.05) is 0 Å². The molecule has 0 atom stereocenters. The van der Waals surface area contributed by atoms with Crippen molar-refractivity contribution >= 4 is 65.5 Å². The Morgan fingerprint density at radius 1 is 0.312 bits per heavy atom. The van der Waals surface area contributed by atoms with E-state index in [1.54, 1.807) is 0 Å². The van der Waals surface area contributed by atoms with Crippen LogP contribution in [0.15, 0.2) is 0 Å². The molecular formula is C32H55GdN11NaO19+4. The molecule has 0 rings (SSSR count). The summed E-state index contributed by atoms with van der Waals surface area (Å²) in [5.74, 6) is -12.6. The van der Waals surface area contributed by atoms with E-state index in [0.29, 0.717) is 0 Å². The van der Waals surface area contributed by atoms with Crippen molar-refractivity contribution in [3.8, 4) is 0 Å². The summed E-state index contributed by atoms with van der Waals surface area (Å²) in [5, 5.41) is 75.9. The topological polar surface area (TPSA) is 429 Å². The first-order valence-electron chi connectivity index (χ1n) is 18.4. The normalized spacial score (nSPS) is 10.9. The van der Waals surface area contributed by atoms with Crippen molar-refractivity contribution in [2.24, 2.45) is 0 Å². The number of hydrogen-bond acceptors (Lipinski definition) is 19. The molecule has 0 heterocycles. The maximum absolute atomic E-state index is 12.5. The van der Waals surface area contributed by atoms with Crippen LogP contribution in [-0.4, -0.2) is 273 Å². The minimum absolute atomic E-state index is 0. The molecule has 13 N–H and O–H groups in total. The van der Waals surface area contributed by atoms with Gasteiger partial charge in [-0.25, -0.2) is 5.43 Å². The Kier molecular flexibility index (Phi) is 37.7. The third-order valence-corrected chi connectivity index (χ3v) is 7.88. The maximum Gasteiger partial charge on any atom is 3.00 e. The number of carbonyl (C=O) groups is 11. The largest absolute Gasteiger partial charge is 3.00 e. The Labute approximate surface area is 419 Å². The molecule has 0 aromatic carbocycles. The summed E-state index contributed by atoms with van der Waals surface area (Å²) < 4.78 is 0. The van der Waals surface area contributed by atoms with Crippen molar-refractivity contribution in [1.82, 2.24) is 56.4 Å². The molecule has 0 spiro atoms. The molecule has 0 aromatic heterocycles. The summed E-state index contributed by atoms with van der Waals surface area (Å²) in [6.07, 6.45) is 0. The number of rotatable bonds is 38. The zero-order valence-electron chi connectivity index (χ0n) is 35.0. The minimum Gasteiger partial charge on any atom is -0.480 e. The van der Waals surface area contributed by atoms with E-state index in [9.17, 15) is 73.2 Å². The van der Waals surface area contributed by atoms with Gasteiger partial charge in [0.25, 0.3) is 11.8 Å². The number of hydrazine groups is 2. The molecule has 0 unspecified atom stereocenters. The number of carboxylic acids is 8. The van der Waals surface area contributed by atoms with E-state index in [1.165, 1.54) is 14.7 Å². The molecule has 0 aromatic rings. The molecule has 1 radical (unpaired) electrons. The Bertz CT molecular complexity index is 1520. The SMILES string of the molecule is O=C(O)CN(CCNCC(=O)NNC(=O)CNNC(=O)CN(CCN(CCN(CC(=O)O)CC(=O)O)CC(=O)O)CC(=O)O)CCN(CCN(CC(=O)O)CC(=O)O)CC(=O)O.[Gd+3].[Na+]. The van der Waals surface area contributed by atoms with Gasteiger partial charge in [0.05, 0.1) is 72.0 Å². The van der Waals surface area contributed by atoms with Crippen molar-refractivity contribution in [2.75, 3.05) is 137 Å². The number of nitrogens with one attached hydrogen (secondary N) is 5. The van der Waals surface area contributed by atoms with E-state index in [2.05, 4.69) is 27.0 Å². The zero-order chi connectivity index (χ0) is 47.2. The van der Waals surface area contributed by atoms with E-state index in [0.717, 1.165) is 14.7 Å². The number of hydrogen-bond donors (Lipinski definition) is 13. The summed E-state index contributed by atoms with van der Waals surface area (Å²) in [4.78, 5) is 134. The average Bonchev–Trinajstić information content (AvgIpc) is 3.12. The van der Waals surface area contributed by atoms with Gasteiger partial charge >= 0.3 is 117 Å². The van der Waals surface area contributed by atoms with Crippen LogP contribution in [0, 0.1) is 39.9 Å². The van der Waals surface area contributed by atoms with Crippen LogP contribution in [-0.2, 0) is 52.7 Å². The Morgan fingerprint density at radius 3 is 0.875 bits per heavy atom. The minimum atomic E-state index is -1.33. The van der Waals surface area contributed by atoms with Gasteiger partial charge in [0.15, 0.2) is 0 Å². The second-order valence-electron chi connectivity index (χ2n) is 13.3. The van der Waals surface area contributed by atoms with E-state index in [-0.39, 0.29) is 141 Å². The van der Waals surface area contributed by atoms with Crippen LogP contribution in [0.25, 0.3) is 0 Å². The Balaban J connectivity index is -0.0000186. The molecule has 32 heteroatoms. The summed E-state index contributed by atoms with van der Waals surface area (Å²) >= 11 is 0. The van der Waals surface area contributed by atoms with E-state index < -0.39 is 131 Å². The van der Waals surface area contributed by atoms with Gasteiger partial charge in [0, 0.05) is 65.4 Å². The fourth-order valence-electron chi connectivity index (χ4n) is 5.25.